The van der Waals surface area contributed by atoms with Crippen molar-refractivity contribution >= 4 is 57.1 Å². The summed E-state index contributed by atoms with van der Waals surface area (Å²) in [6, 6.07) is -0.0615. The molecule has 0 bridgehead atoms. The van der Waals surface area contributed by atoms with Gasteiger partial charge in [-0.3, -0.25) is 0 Å². The van der Waals surface area contributed by atoms with E-state index in [1.807, 2.05) is 40.8 Å². The number of nitrogens with one attached hydrogen (secondary N) is 1. The van der Waals surface area contributed by atoms with Gasteiger partial charge in [-0.05, 0) is 75.2 Å². The van der Waals surface area contributed by atoms with Gasteiger partial charge < -0.3 is 29.8 Å². The van der Waals surface area contributed by atoms with Crippen molar-refractivity contribution in [1.82, 2.24) is 19.9 Å². The quantitative estimate of drug-likeness (QED) is 0.430. The van der Waals surface area contributed by atoms with Crippen LogP contribution in [0.3, 0.4) is 0 Å². The van der Waals surface area contributed by atoms with Crippen molar-refractivity contribution in [3.05, 3.63) is 15.1 Å². The number of hydrogen-bond acceptors (Lipinski definition) is 7. The first-order valence-electron chi connectivity index (χ1n) is 10.2. The van der Waals surface area contributed by atoms with Crippen LogP contribution in [0.25, 0.3) is 11.0 Å². The van der Waals surface area contributed by atoms with E-state index < -0.39 is 17.5 Å². The molecule has 0 aromatic carbocycles. The standard InChI is InChI=1S/C20H27ClIN5O4/c1-19(2,3)31-18(28)24-7-9-6-11(14-13(9)29-20(4,5)30-14)27-8-10(22)12-15(23)25-17(21)26-16(12)27/h8-9,11,13-14H,6-7H2,1-5H3,(H,24,28)(H2,23,25,26)/t9-,11-,13-,14+/m1/s1. The van der Waals surface area contributed by atoms with E-state index >= 15 is 0 Å². The van der Waals surface area contributed by atoms with Gasteiger partial charge in [0.05, 0.1) is 17.5 Å². The van der Waals surface area contributed by atoms with Crippen LogP contribution in [-0.4, -0.2) is 50.8 Å². The van der Waals surface area contributed by atoms with E-state index in [0.717, 1.165) is 15.4 Å². The Morgan fingerprint density at radius 2 is 2.06 bits per heavy atom. The lowest BCUT2D eigenvalue weighted by atomic mass is 10.1. The highest BCUT2D eigenvalue weighted by atomic mass is 127. The summed E-state index contributed by atoms with van der Waals surface area (Å²) >= 11 is 8.32. The third-order valence-corrected chi connectivity index (χ3v) is 6.43. The van der Waals surface area contributed by atoms with Gasteiger partial charge in [0.2, 0.25) is 5.28 Å². The van der Waals surface area contributed by atoms with E-state index in [1.165, 1.54) is 0 Å². The van der Waals surface area contributed by atoms with Crippen molar-refractivity contribution in [2.75, 3.05) is 12.3 Å². The van der Waals surface area contributed by atoms with Gasteiger partial charge in [-0.1, -0.05) is 0 Å². The van der Waals surface area contributed by atoms with Crippen LogP contribution in [-0.2, 0) is 14.2 Å². The number of carbonyl (C=O) groups is 1. The molecule has 1 aliphatic carbocycles. The van der Waals surface area contributed by atoms with Crippen molar-refractivity contribution in [3.63, 3.8) is 0 Å². The minimum atomic E-state index is -0.722. The number of rotatable bonds is 3. The number of nitrogens with zero attached hydrogens (tertiary/aromatic N) is 3. The maximum atomic E-state index is 12.2. The number of carbonyl (C=O) groups excluding carboxylic acids is 1. The molecule has 1 aliphatic heterocycles. The molecule has 0 spiro atoms. The summed E-state index contributed by atoms with van der Waals surface area (Å²) in [5.74, 6) is -0.339. The number of halogens is 2. The second kappa shape index (κ2) is 7.89. The van der Waals surface area contributed by atoms with Gasteiger partial charge >= 0.3 is 6.09 Å². The molecule has 1 saturated heterocycles. The maximum Gasteiger partial charge on any atom is 0.407 e. The second-order valence-electron chi connectivity index (χ2n) is 9.47. The fourth-order valence-corrected chi connectivity index (χ4v) is 5.40. The lowest BCUT2D eigenvalue weighted by Crippen LogP contribution is -2.38. The molecule has 2 aromatic rings. The van der Waals surface area contributed by atoms with E-state index in [9.17, 15) is 4.79 Å². The number of anilines is 1. The highest BCUT2D eigenvalue weighted by Crippen LogP contribution is 2.48. The SMILES string of the molecule is CC(C)(C)OC(=O)NC[C@H]1C[C@@H](n2cc(I)c3c(N)nc(Cl)nc32)[C@@H]2OC(C)(C)O[C@H]12. The highest BCUT2D eigenvalue weighted by Gasteiger charge is 2.54. The predicted octanol–water partition coefficient (Wildman–Crippen LogP) is 3.88. The largest absolute Gasteiger partial charge is 0.444 e. The molecule has 11 heteroatoms. The molecule has 2 fully saturated rings. The van der Waals surface area contributed by atoms with Crippen LogP contribution in [0, 0.1) is 9.49 Å². The second-order valence-corrected chi connectivity index (χ2v) is 11.0. The number of aromatic nitrogens is 3. The summed E-state index contributed by atoms with van der Waals surface area (Å²) in [6.07, 6.45) is 1.88. The van der Waals surface area contributed by atoms with Gasteiger partial charge in [0, 0.05) is 22.2 Å². The van der Waals surface area contributed by atoms with E-state index in [4.69, 9.17) is 31.5 Å². The number of alkyl carbamates (subject to hydrolysis) is 1. The van der Waals surface area contributed by atoms with Crippen molar-refractivity contribution in [3.8, 4) is 0 Å². The van der Waals surface area contributed by atoms with Crippen LogP contribution in [0.2, 0.25) is 5.28 Å². The molecule has 1 saturated carbocycles. The molecule has 3 heterocycles. The Bertz CT molecular complexity index is 1020. The maximum absolute atomic E-state index is 12.2. The minimum Gasteiger partial charge on any atom is -0.444 e. The number of nitrogen functional groups attached to an aromatic ring is 1. The zero-order chi connectivity index (χ0) is 22.7. The molecule has 4 atom stereocenters. The molecule has 0 radical (unpaired) electrons. The van der Waals surface area contributed by atoms with Crippen LogP contribution in [0.4, 0.5) is 10.6 Å². The van der Waals surface area contributed by atoms with Crippen molar-refractivity contribution in [2.45, 2.75) is 70.7 Å². The molecule has 3 N–H and O–H groups in total. The van der Waals surface area contributed by atoms with Gasteiger partial charge in [0.15, 0.2) is 5.79 Å². The van der Waals surface area contributed by atoms with Gasteiger partial charge in [-0.25, -0.2) is 9.78 Å². The first-order chi connectivity index (χ1) is 14.3. The fraction of sp³-hybridized carbons (Fsp3) is 0.650. The lowest BCUT2D eigenvalue weighted by molar-refractivity contribution is -0.160. The summed E-state index contributed by atoms with van der Waals surface area (Å²) in [7, 11) is 0. The average molecular weight is 564 g/mol. The monoisotopic (exact) mass is 563 g/mol. The molecule has 2 aliphatic rings. The number of ether oxygens (including phenoxy) is 3. The Balaban J connectivity index is 1.62. The molecule has 170 valence electrons. The van der Waals surface area contributed by atoms with E-state index in [2.05, 4.69) is 42.4 Å². The summed E-state index contributed by atoms with van der Waals surface area (Å²) < 4.78 is 20.9. The molecular weight excluding hydrogens is 537 g/mol. The lowest BCUT2D eigenvalue weighted by Gasteiger charge is -2.25. The normalized spacial score (nSPS) is 27.5. The molecule has 9 nitrogen and oxygen atoms in total. The van der Waals surface area contributed by atoms with Crippen LogP contribution < -0.4 is 11.1 Å². The van der Waals surface area contributed by atoms with Crippen molar-refractivity contribution in [1.29, 1.82) is 0 Å². The van der Waals surface area contributed by atoms with Gasteiger partial charge in [0.1, 0.15) is 23.2 Å². The van der Waals surface area contributed by atoms with E-state index in [0.29, 0.717) is 18.0 Å². The summed E-state index contributed by atoms with van der Waals surface area (Å²) in [4.78, 5) is 20.7. The van der Waals surface area contributed by atoms with Crippen LogP contribution >= 0.6 is 34.2 Å². The van der Waals surface area contributed by atoms with Crippen LogP contribution in [0.5, 0.6) is 0 Å². The smallest absolute Gasteiger partial charge is 0.407 e. The first kappa shape index (κ1) is 22.8. The molecule has 31 heavy (non-hydrogen) atoms. The van der Waals surface area contributed by atoms with Gasteiger partial charge in [-0.2, -0.15) is 4.98 Å². The zero-order valence-corrected chi connectivity index (χ0v) is 21.0. The minimum absolute atomic E-state index is 0.0362. The van der Waals surface area contributed by atoms with Gasteiger partial charge in [-0.15, -0.1) is 0 Å². The molecular formula is C20H27ClIN5O4. The number of fused-ring (bicyclic) bond motifs is 2. The van der Waals surface area contributed by atoms with Gasteiger partial charge in [0.25, 0.3) is 0 Å². The number of amides is 1. The molecule has 0 unspecified atom stereocenters. The van der Waals surface area contributed by atoms with Crippen LogP contribution in [0.1, 0.15) is 47.1 Å². The Morgan fingerprint density at radius 1 is 1.39 bits per heavy atom. The van der Waals surface area contributed by atoms with Crippen molar-refractivity contribution < 1.29 is 19.0 Å². The Morgan fingerprint density at radius 3 is 2.74 bits per heavy atom. The fourth-order valence-electron chi connectivity index (χ4n) is 4.41. The molecule has 1 amide bonds. The Kier molecular flexibility index (Phi) is 5.81. The first-order valence-corrected chi connectivity index (χ1v) is 11.6. The summed E-state index contributed by atoms with van der Waals surface area (Å²) in [5, 5.41) is 3.75. The summed E-state index contributed by atoms with van der Waals surface area (Å²) in [6.45, 7) is 9.72. The highest BCUT2D eigenvalue weighted by molar-refractivity contribution is 14.1. The number of nitrogens with two attached hydrogens (primary N) is 1. The average Bonchev–Trinajstić information content (AvgIpc) is 3.20. The number of hydrogen-bond donors (Lipinski definition) is 2. The molecule has 4 rings (SSSR count). The third-order valence-electron chi connectivity index (χ3n) is 5.44. The molecule has 2 aromatic heterocycles. The van der Waals surface area contributed by atoms with Crippen molar-refractivity contribution in [2.24, 2.45) is 5.92 Å². The van der Waals surface area contributed by atoms with E-state index in [1.54, 1.807) is 0 Å². The van der Waals surface area contributed by atoms with E-state index in [-0.39, 0.29) is 29.5 Å². The third kappa shape index (κ3) is 4.57. The summed E-state index contributed by atoms with van der Waals surface area (Å²) in [5.41, 5.74) is 6.22. The zero-order valence-electron chi connectivity index (χ0n) is 18.1. The predicted molar refractivity (Wildman–Crippen MR) is 125 cm³/mol. The Hall–Kier alpha value is -1.37. The Labute approximate surface area is 199 Å². The van der Waals surface area contributed by atoms with Crippen LogP contribution in [0.15, 0.2) is 6.20 Å². The topological polar surface area (TPSA) is 114 Å².